The highest BCUT2D eigenvalue weighted by molar-refractivity contribution is 6.43. The van der Waals surface area contributed by atoms with Crippen LogP contribution >= 0.6 is 23.2 Å². The fourth-order valence-electron chi connectivity index (χ4n) is 4.02. The molecule has 2 aromatic heterocycles. The molecule has 5 aromatic rings. The molecule has 0 atom stereocenters. The van der Waals surface area contributed by atoms with E-state index in [4.69, 9.17) is 32.9 Å². The van der Waals surface area contributed by atoms with Gasteiger partial charge in [-0.25, -0.2) is 0 Å². The molecule has 0 amide bonds. The van der Waals surface area contributed by atoms with Crippen molar-refractivity contribution in [2.75, 3.05) is 6.54 Å². The molecule has 0 saturated heterocycles. The van der Waals surface area contributed by atoms with Crippen LogP contribution in [0.15, 0.2) is 91.0 Å². The van der Waals surface area contributed by atoms with Gasteiger partial charge >= 0.3 is 0 Å². The van der Waals surface area contributed by atoms with Crippen LogP contribution in [0.4, 0.5) is 0 Å². The number of nitrogens with one attached hydrogen (secondary N) is 1. The highest BCUT2D eigenvalue weighted by Gasteiger charge is 2.15. The summed E-state index contributed by atoms with van der Waals surface area (Å²) < 4.78 is 6.07. The zero-order valence-corrected chi connectivity index (χ0v) is 21.0. The SMILES string of the molecule is Clc1cccc(-c2nnc(OCc3cccc(CNCCc4ccccc4)n3)c3ccccc23)c1Cl. The molecule has 7 heteroatoms. The number of fused-ring (bicyclic) bond motifs is 1. The van der Waals surface area contributed by atoms with E-state index in [9.17, 15) is 0 Å². The van der Waals surface area contributed by atoms with Gasteiger partial charge in [-0.2, -0.15) is 0 Å². The lowest BCUT2D eigenvalue weighted by atomic mass is 10.0. The maximum atomic E-state index is 6.46. The van der Waals surface area contributed by atoms with Crippen molar-refractivity contribution in [1.29, 1.82) is 0 Å². The van der Waals surface area contributed by atoms with Gasteiger partial charge in [0.15, 0.2) is 0 Å². The van der Waals surface area contributed by atoms with E-state index in [1.54, 1.807) is 6.07 Å². The molecule has 0 saturated carbocycles. The van der Waals surface area contributed by atoms with E-state index >= 15 is 0 Å². The molecule has 0 spiro atoms. The Morgan fingerprint density at radius 1 is 0.722 bits per heavy atom. The molecule has 5 rings (SSSR count). The van der Waals surface area contributed by atoms with Crippen LogP contribution in [0.3, 0.4) is 0 Å². The summed E-state index contributed by atoms with van der Waals surface area (Å²) in [7, 11) is 0. The summed E-state index contributed by atoms with van der Waals surface area (Å²) in [4.78, 5) is 4.73. The Morgan fingerprint density at radius 2 is 1.47 bits per heavy atom. The third-order valence-corrected chi connectivity index (χ3v) is 6.64. The minimum absolute atomic E-state index is 0.286. The summed E-state index contributed by atoms with van der Waals surface area (Å²) in [6.07, 6.45) is 0.978. The van der Waals surface area contributed by atoms with Gasteiger partial charge in [0.05, 0.1) is 21.4 Å². The van der Waals surface area contributed by atoms with Gasteiger partial charge in [-0.3, -0.25) is 4.98 Å². The van der Waals surface area contributed by atoms with Crippen LogP contribution in [0.25, 0.3) is 22.0 Å². The largest absolute Gasteiger partial charge is 0.470 e. The Bertz CT molecular complexity index is 1480. The molecule has 0 aliphatic carbocycles. The Hall–Kier alpha value is -3.51. The average Bonchev–Trinajstić information content (AvgIpc) is 2.92. The quantitative estimate of drug-likeness (QED) is 0.216. The number of halogens is 2. The number of benzene rings is 3. The lowest BCUT2D eigenvalue weighted by Crippen LogP contribution is -2.17. The normalized spacial score (nSPS) is 11.1. The molecular formula is C29H24Cl2N4O. The van der Waals surface area contributed by atoms with Gasteiger partial charge in [-0.05, 0) is 42.8 Å². The van der Waals surface area contributed by atoms with Gasteiger partial charge in [0.1, 0.15) is 12.3 Å². The summed E-state index contributed by atoms with van der Waals surface area (Å²) in [6.45, 7) is 1.86. The van der Waals surface area contributed by atoms with E-state index in [-0.39, 0.29) is 6.61 Å². The number of aromatic nitrogens is 3. The van der Waals surface area contributed by atoms with Crippen molar-refractivity contribution in [2.45, 2.75) is 19.6 Å². The maximum Gasteiger partial charge on any atom is 0.241 e. The minimum atomic E-state index is 0.286. The standard InChI is InChI=1S/C29H24Cl2N4O/c30-26-15-7-14-25(27(26)31)28-23-12-4-5-13-24(23)29(35-34-28)36-19-22-11-6-10-21(33-22)18-32-17-16-20-8-2-1-3-9-20/h1-15,32H,16-19H2. The van der Waals surface area contributed by atoms with Crippen molar-refractivity contribution < 1.29 is 4.74 Å². The predicted molar refractivity (Wildman–Crippen MR) is 145 cm³/mol. The van der Waals surface area contributed by atoms with E-state index in [1.165, 1.54) is 5.56 Å². The lowest BCUT2D eigenvalue weighted by molar-refractivity contribution is 0.289. The Balaban J connectivity index is 1.27. The third kappa shape index (κ3) is 5.65. The van der Waals surface area contributed by atoms with Crippen LogP contribution < -0.4 is 10.1 Å². The Kier molecular flexibility index (Phi) is 7.72. The summed E-state index contributed by atoms with van der Waals surface area (Å²) in [5.74, 6) is 0.445. The molecule has 1 N–H and O–H groups in total. The van der Waals surface area contributed by atoms with Crippen LogP contribution in [0.2, 0.25) is 10.0 Å². The smallest absolute Gasteiger partial charge is 0.241 e. The number of pyridine rings is 1. The molecule has 3 aromatic carbocycles. The molecule has 0 unspecified atom stereocenters. The van der Waals surface area contributed by atoms with Crippen LogP contribution in [0.1, 0.15) is 17.0 Å². The van der Waals surface area contributed by atoms with Crippen LogP contribution in [-0.4, -0.2) is 21.7 Å². The number of ether oxygens (including phenoxy) is 1. The molecule has 36 heavy (non-hydrogen) atoms. The number of nitrogens with zero attached hydrogens (tertiary/aromatic N) is 3. The second kappa shape index (κ2) is 11.5. The van der Waals surface area contributed by atoms with E-state index in [0.29, 0.717) is 28.2 Å². The Morgan fingerprint density at radius 3 is 2.33 bits per heavy atom. The Labute approximate surface area is 220 Å². The molecular weight excluding hydrogens is 491 g/mol. The fraction of sp³-hybridized carbons (Fsp3) is 0.138. The topological polar surface area (TPSA) is 59.9 Å². The number of hydrogen-bond donors (Lipinski definition) is 1. The number of hydrogen-bond acceptors (Lipinski definition) is 5. The first-order valence-corrected chi connectivity index (χ1v) is 12.5. The highest BCUT2D eigenvalue weighted by atomic mass is 35.5. The maximum absolute atomic E-state index is 6.46. The first-order valence-electron chi connectivity index (χ1n) is 11.7. The van der Waals surface area contributed by atoms with Crippen molar-refractivity contribution >= 4 is 34.0 Å². The van der Waals surface area contributed by atoms with Crippen molar-refractivity contribution in [2.24, 2.45) is 0 Å². The first kappa shape index (κ1) is 24.2. The van der Waals surface area contributed by atoms with E-state index in [1.807, 2.05) is 60.7 Å². The van der Waals surface area contributed by atoms with Gasteiger partial charge in [-0.1, -0.05) is 89.9 Å². The first-order chi connectivity index (χ1) is 17.7. The zero-order chi connectivity index (χ0) is 24.7. The molecule has 0 aliphatic heterocycles. The van der Waals surface area contributed by atoms with Gasteiger partial charge in [0, 0.05) is 22.9 Å². The van der Waals surface area contributed by atoms with Crippen molar-refractivity contribution in [3.8, 4) is 17.1 Å². The molecule has 0 fully saturated rings. The minimum Gasteiger partial charge on any atom is -0.470 e. The summed E-state index contributed by atoms with van der Waals surface area (Å²) in [5.41, 5.74) is 4.49. The molecule has 2 heterocycles. The van der Waals surface area contributed by atoms with Crippen LogP contribution in [0, 0.1) is 0 Å². The lowest BCUT2D eigenvalue weighted by Gasteiger charge is -2.12. The highest BCUT2D eigenvalue weighted by Crippen LogP contribution is 2.37. The number of rotatable bonds is 9. The van der Waals surface area contributed by atoms with E-state index < -0.39 is 0 Å². The van der Waals surface area contributed by atoms with Gasteiger partial charge in [0.25, 0.3) is 0 Å². The van der Waals surface area contributed by atoms with Crippen molar-refractivity contribution in [3.05, 3.63) is 118 Å². The van der Waals surface area contributed by atoms with Gasteiger partial charge < -0.3 is 10.1 Å². The van der Waals surface area contributed by atoms with Crippen molar-refractivity contribution in [1.82, 2.24) is 20.5 Å². The predicted octanol–water partition coefficient (Wildman–Crippen LogP) is 6.91. The third-order valence-electron chi connectivity index (χ3n) is 5.82. The molecule has 180 valence electrons. The van der Waals surface area contributed by atoms with E-state index in [0.717, 1.165) is 40.7 Å². The fourth-order valence-corrected chi connectivity index (χ4v) is 4.41. The van der Waals surface area contributed by atoms with E-state index in [2.05, 4.69) is 39.8 Å². The summed E-state index contributed by atoms with van der Waals surface area (Å²) >= 11 is 12.7. The second-order valence-corrected chi connectivity index (χ2v) is 9.11. The summed E-state index contributed by atoms with van der Waals surface area (Å²) in [5, 5.41) is 14.9. The average molecular weight is 515 g/mol. The second-order valence-electron chi connectivity index (χ2n) is 8.32. The van der Waals surface area contributed by atoms with Crippen LogP contribution in [-0.2, 0) is 19.6 Å². The zero-order valence-electron chi connectivity index (χ0n) is 19.5. The van der Waals surface area contributed by atoms with Gasteiger partial charge in [-0.15, -0.1) is 10.2 Å². The summed E-state index contributed by atoms with van der Waals surface area (Å²) in [6, 6.07) is 29.7. The van der Waals surface area contributed by atoms with Gasteiger partial charge in [0.2, 0.25) is 5.88 Å². The monoisotopic (exact) mass is 514 g/mol. The van der Waals surface area contributed by atoms with Crippen LogP contribution in [0.5, 0.6) is 5.88 Å². The molecule has 0 bridgehead atoms. The molecule has 5 nitrogen and oxygen atoms in total. The molecule has 0 radical (unpaired) electrons. The van der Waals surface area contributed by atoms with Crippen molar-refractivity contribution in [3.63, 3.8) is 0 Å². The molecule has 0 aliphatic rings.